The van der Waals surface area contributed by atoms with Gasteiger partial charge in [-0.15, -0.1) is 0 Å². The number of carbonyl (C=O) groups is 2. The van der Waals surface area contributed by atoms with Gasteiger partial charge in [0.2, 0.25) is 10.0 Å². The van der Waals surface area contributed by atoms with Crippen LogP contribution in [0.25, 0.3) is 10.2 Å². The lowest BCUT2D eigenvalue weighted by molar-refractivity contribution is -0.143. The molecule has 1 amide bonds. The number of carbonyl (C=O) groups excluding carboxylic acids is 2. The van der Waals surface area contributed by atoms with Gasteiger partial charge in [0.05, 0.1) is 29.6 Å². The van der Waals surface area contributed by atoms with Gasteiger partial charge in [-0.25, -0.2) is 8.42 Å². The van der Waals surface area contributed by atoms with Gasteiger partial charge in [-0.3, -0.25) is 9.59 Å². The Kier molecular flexibility index (Phi) is 6.32. The van der Waals surface area contributed by atoms with Crippen LogP contribution < -0.4 is 4.80 Å². The molecule has 0 atom stereocenters. The number of fused-ring (bicyclic) bond motifs is 1. The second kappa shape index (κ2) is 8.11. The average molecular weight is 399 g/mol. The van der Waals surface area contributed by atoms with Crippen LogP contribution in [-0.2, 0) is 30.9 Å². The molecule has 0 bridgehead atoms. The van der Waals surface area contributed by atoms with Gasteiger partial charge >= 0.3 is 5.97 Å². The van der Waals surface area contributed by atoms with Gasteiger partial charge in [0.15, 0.2) is 4.80 Å². The molecular weight excluding hydrogens is 378 g/mol. The van der Waals surface area contributed by atoms with Crippen LogP contribution in [0.2, 0.25) is 0 Å². The van der Waals surface area contributed by atoms with Gasteiger partial charge in [-0.2, -0.15) is 9.30 Å². The van der Waals surface area contributed by atoms with Gasteiger partial charge in [0.1, 0.15) is 6.54 Å². The standard InChI is InChI=1S/C16H21N3O5S2/c1-5-24-15(21)10-19-12-7-6-11(2)8-13(12)25-16(19)17-14(20)9-18(3)26(4,22)23/h6-8H,5,9-10H2,1-4H3. The summed E-state index contributed by atoms with van der Waals surface area (Å²) < 4.78 is 31.3. The van der Waals surface area contributed by atoms with Crippen LogP contribution in [0.3, 0.4) is 0 Å². The fraction of sp³-hybridized carbons (Fsp3) is 0.438. The van der Waals surface area contributed by atoms with Gasteiger partial charge in [0.25, 0.3) is 5.91 Å². The number of benzene rings is 1. The summed E-state index contributed by atoms with van der Waals surface area (Å²) >= 11 is 1.26. The lowest BCUT2D eigenvalue weighted by atomic mass is 10.2. The number of amides is 1. The molecule has 2 aromatic rings. The van der Waals surface area contributed by atoms with Crippen LogP contribution in [0.1, 0.15) is 12.5 Å². The normalized spacial score (nSPS) is 12.7. The Morgan fingerprint density at radius 3 is 2.65 bits per heavy atom. The van der Waals surface area contributed by atoms with Crippen molar-refractivity contribution in [1.29, 1.82) is 0 Å². The molecule has 0 radical (unpaired) electrons. The first-order valence-electron chi connectivity index (χ1n) is 7.86. The Labute approximate surface area is 155 Å². The summed E-state index contributed by atoms with van der Waals surface area (Å²) in [6, 6.07) is 5.69. The summed E-state index contributed by atoms with van der Waals surface area (Å²) in [7, 11) is -2.17. The molecule has 2 rings (SSSR count). The van der Waals surface area contributed by atoms with Crippen molar-refractivity contribution in [1.82, 2.24) is 8.87 Å². The van der Waals surface area contributed by atoms with Crippen molar-refractivity contribution < 1.29 is 22.7 Å². The highest BCUT2D eigenvalue weighted by Crippen LogP contribution is 2.19. The molecule has 0 saturated carbocycles. The number of esters is 1. The van der Waals surface area contributed by atoms with E-state index in [9.17, 15) is 18.0 Å². The van der Waals surface area contributed by atoms with Crippen molar-refractivity contribution in [3.63, 3.8) is 0 Å². The smallest absolute Gasteiger partial charge is 0.326 e. The Morgan fingerprint density at radius 1 is 1.35 bits per heavy atom. The Bertz CT molecular complexity index is 1000. The zero-order chi connectivity index (χ0) is 19.5. The maximum Gasteiger partial charge on any atom is 0.326 e. The molecule has 8 nitrogen and oxygen atoms in total. The molecule has 1 aromatic heterocycles. The highest BCUT2D eigenvalue weighted by molar-refractivity contribution is 7.88. The monoisotopic (exact) mass is 399 g/mol. The minimum absolute atomic E-state index is 0.0784. The van der Waals surface area contributed by atoms with Crippen LogP contribution in [-0.4, -0.2) is 55.6 Å². The van der Waals surface area contributed by atoms with Crippen molar-refractivity contribution in [2.24, 2.45) is 4.99 Å². The topological polar surface area (TPSA) is 98.0 Å². The molecule has 142 valence electrons. The molecule has 10 heteroatoms. The van der Waals surface area contributed by atoms with E-state index >= 15 is 0 Å². The number of ether oxygens (including phenoxy) is 1. The Balaban J connectivity index is 2.47. The number of hydrogen-bond acceptors (Lipinski definition) is 6. The Hall–Kier alpha value is -2.04. The maximum absolute atomic E-state index is 12.2. The van der Waals surface area contributed by atoms with Gasteiger partial charge < -0.3 is 9.30 Å². The van der Waals surface area contributed by atoms with Gasteiger partial charge in [0, 0.05) is 7.05 Å². The second-order valence-corrected chi connectivity index (χ2v) is 8.87. The van der Waals surface area contributed by atoms with Crippen molar-refractivity contribution in [3.05, 3.63) is 28.6 Å². The van der Waals surface area contributed by atoms with Crippen molar-refractivity contribution >= 4 is 43.5 Å². The van der Waals surface area contributed by atoms with Crippen LogP contribution in [0, 0.1) is 6.92 Å². The van der Waals surface area contributed by atoms with Crippen molar-refractivity contribution in [2.45, 2.75) is 20.4 Å². The Morgan fingerprint density at radius 2 is 2.04 bits per heavy atom. The summed E-state index contributed by atoms with van der Waals surface area (Å²) in [6.07, 6.45) is 1.02. The largest absolute Gasteiger partial charge is 0.465 e. The number of thiazole rings is 1. The molecule has 26 heavy (non-hydrogen) atoms. The third-order valence-corrected chi connectivity index (χ3v) is 5.88. The van der Waals surface area contributed by atoms with Crippen LogP contribution in [0.4, 0.5) is 0 Å². The molecule has 0 aliphatic carbocycles. The second-order valence-electron chi connectivity index (χ2n) is 5.77. The number of likely N-dealkylation sites (N-methyl/N-ethyl adjacent to an activating group) is 1. The summed E-state index contributed by atoms with van der Waals surface area (Å²) in [5.41, 5.74) is 1.80. The fourth-order valence-corrected chi connectivity index (χ4v) is 3.69. The quantitative estimate of drug-likeness (QED) is 0.672. The summed E-state index contributed by atoms with van der Waals surface area (Å²) in [4.78, 5) is 28.4. The molecule has 0 spiro atoms. The first kappa shape index (κ1) is 20.3. The van der Waals surface area contributed by atoms with E-state index in [0.717, 1.165) is 26.3 Å². The molecule has 1 heterocycles. The average Bonchev–Trinajstić information content (AvgIpc) is 2.82. The molecule has 1 aromatic carbocycles. The van der Waals surface area contributed by atoms with E-state index < -0.39 is 21.9 Å². The predicted molar refractivity (Wildman–Crippen MR) is 99.2 cm³/mol. The van der Waals surface area contributed by atoms with E-state index in [1.54, 1.807) is 11.5 Å². The molecular formula is C16H21N3O5S2. The summed E-state index contributed by atoms with van der Waals surface area (Å²) in [5, 5.41) is 0. The first-order chi connectivity index (χ1) is 12.1. The summed E-state index contributed by atoms with van der Waals surface area (Å²) in [6.45, 7) is 3.47. The lowest BCUT2D eigenvalue weighted by Crippen LogP contribution is -2.32. The number of aryl methyl sites for hydroxylation is 1. The lowest BCUT2D eigenvalue weighted by Gasteiger charge is -2.10. The van der Waals surface area contributed by atoms with E-state index in [4.69, 9.17) is 4.74 Å². The molecule has 0 saturated heterocycles. The number of aromatic nitrogens is 1. The number of sulfonamides is 1. The van der Waals surface area contributed by atoms with E-state index in [2.05, 4.69) is 4.99 Å². The zero-order valence-electron chi connectivity index (χ0n) is 15.1. The zero-order valence-corrected chi connectivity index (χ0v) is 16.7. The SMILES string of the molecule is CCOC(=O)Cn1c(=NC(=O)CN(C)S(C)(=O)=O)sc2cc(C)ccc21. The number of nitrogens with zero attached hydrogens (tertiary/aromatic N) is 3. The first-order valence-corrected chi connectivity index (χ1v) is 10.5. The van der Waals surface area contributed by atoms with Crippen LogP contribution >= 0.6 is 11.3 Å². The highest BCUT2D eigenvalue weighted by Gasteiger charge is 2.16. The van der Waals surface area contributed by atoms with E-state index in [1.165, 1.54) is 18.4 Å². The van der Waals surface area contributed by atoms with Crippen LogP contribution in [0.15, 0.2) is 23.2 Å². The minimum Gasteiger partial charge on any atom is -0.465 e. The third kappa shape index (κ3) is 4.99. The summed E-state index contributed by atoms with van der Waals surface area (Å²) in [5.74, 6) is -1.05. The van der Waals surface area contributed by atoms with Crippen molar-refractivity contribution in [3.8, 4) is 0 Å². The molecule has 0 unspecified atom stereocenters. The third-order valence-electron chi connectivity index (χ3n) is 3.58. The maximum atomic E-state index is 12.2. The van der Waals surface area contributed by atoms with Gasteiger partial charge in [-0.1, -0.05) is 17.4 Å². The fourth-order valence-electron chi connectivity index (χ4n) is 2.20. The molecule has 0 fully saturated rings. The van der Waals surface area contributed by atoms with Crippen molar-refractivity contribution in [2.75, 3.05) is 26.5 Å². The molecule has 0 aliphatic rings. The number of rotatable bonds is 6. The van der Waals surface area contributed by atoms with Gasteiger partial charge in [-0.05, 0) is 31.5 Å². The highest BCUT2D eigenvalue weighted by atomic mass is 32.2. The molecule has 0 N–H and O–H groups in total. The van der Waals surface area contributed by atoms with E-state index in [1.807, 2.05) is 25.1 Å². The van der Waals surface area contributed by atoms with Crippen LogP contribution in [0.5, 0.6) is 0 Å². The minimum atomic E-state index is -3.48. The van der Waals surface area contributed by atoms with E-state index in [-0.39, 0.29) is 19.7 Å². The predicted octanol–water partition coefficient (Wildman–Crippen LogP) is 0.893. The number of hydrogen-bond donors (Lipinski definition) is 0. The van der Waals surface area contributed by atoms with E-state index in [0.29, 0.717) is 4.80 Å². The molecule has 0 aliphatic heterocycles.